The van der Waals surface area contributed by atoms with E-state index in [0.29, 0.717) is 11.6 Å². The molecule has 4 heteroatoms. The van der Waals surface area contributed by atoms with Gasteiger partial charge in [0.1, 0.15) is 11.9 Å². The zero-order valence-corrected chi connectivity index (χ0v) is 15.2. The predicted octanol–water partition coefficient (Wildman–Crippen LogP) is 4.97. The monoisotopic (exact) mass is 348 g/mol. The molecule has 0 atom stereocenters. The van der Waals surface area contributed by atoms with E-state index in [9.17, 15) is 4.79 Å². The highest BCUT2D eigenvalue weighted by molar-refractivity contribution is 6.30. The number of hydrogen-bond donors (Lipinski definition) is 0. The second-order valence-electron chi connectivity index (χ2n) is 8.70. The Morgan fingerprint density at radius 3 is 2.46 bits per heavy atom. The number of hydrogen-bond acceptors (Lipinski definition) is 3. The van der Waals surface area contributed by atoms with E-state index < -0.39 is 0 Å². The van der Waals surface area contributed by atoms with Gasteiger partial charge in [0.25, 0.3) is 0 Å². The van der Waals surface area contributed by atoms with Crippen LogP contribution >= 0.6 is 11.6 Å². The highest BCUT2D eigenvalue weighted by Crippen LogP contribution is 2.56. The minimum absolute atomic E-state index is 0.0355. The van der Waals surface area contributed by atoms with E-state index in [1.807, 2.05) is 12.1 Å². The van der Waals surface area contributed by atoms with Crippen LogP contribution in [0, 0.1) is 10.8 Å². The van der Waals surface area contributed by atoms with Crippen LogP contribution in [-0.4, -0.2) is 18.5 Å². The SMILES string of the molecule is CC1(C)Cc2cc(Cl)cc(OCC34CCC(C=O)(CC3)CC4)c2O1. The van der Waals surface area contributed by atoms with Crippen LogP contribution in [0.2, 0.25) is 5.02 Å². The summed E-state index contributed by atoms with van der Waals surface area (Å²) in [5.74, 6) is 1.63. The van der Waals surface area contributed by atoms with E-state index >= 15 is 0 Å². The number of carbonyl (C=O) groups excluding carboxylic acids is 1. The normalized spacial score (nSPS) is 33.0. The maximum atomic E-state index is 11.4. The van der Waals surface area contributed by atoms with Crippen molar-refractivity contribution in [1.29, 1.82) is 0 Å². The number of aldehydes is 1. The standard InChI is InChI=1S/C20H25ClO3/c1-18(2)11-14-9-15(21)10-16(17(14)24-18)23-13-20-6-3-19(12-22,4-7-20)5-8-20/h9-10,12H,3-8,11,13H2,1-2H3. The van der Waals surface area contributed by atoms with Gasteiger partial charge in [-0.15, -0.1) is 0 Å². The van der Waals surface area contributed by atoms with Gasteiger partial charge in [-0.1, -0.05) is 11.6 Å². The minimum Gasteiger partial charge on any atom is -0.489 e. The van der Waals surface area contributed by atoms with Crippen LogP contribution in [0.1, 0.15) is 57.9 Å². The average Bonchev–Trinajstić information content (AvgIpc) is 2.88. The first-order valence-corrected chi connectivity index (χ1v) is 9.33. The van der Waals surface area contributed by atoms with Gasteiger partial charge in [0.15, 0.2) is 11.5 Å². The smallest absolute Gasteiger partial charge is 0.165 e. The summed E-state index contributed by atoms with van der Waals surface area (Å²) in [6, 6.07) is 3.86. The molecule has 4 aliphatic rings. The summed E-state index contributed by atoms with van der Waals surface area (Å²) in [5.41, 5.74) is 1.11. The quantitative estimate of drug-likeness (QED) is 0.720. The molecule has 3 saturated carbocycles. The number of benzene rings is 1. The number of ether oxygens (including phenoxy) is 2. The van der Waals surface area contributed by atoms with Crippen LogP contribution in [0.4, 0.5) is 0 Å². The zero-order valence-electron chi connectivity index (χ0n) is 14.5. The Bertz CT molecular complexity index is 655. The molecule has 2 bridgehead atoms. The first kappa shape index (κ1) is 16.3. The Morgan fingerprint density at radius 1 is 1.17 bits per heavy atom. The third-order valence-electron chi connectivity index (χ3n) is 6.33. The van der Waals surface area contributed by atoms with Gasteiger partial charge in [0.2, 0.25) is 0 Å². The summed E-state index contributed by atoms with van der Waals surface area (Å²) >= 11 is 6.28. The predicted molar refractivity (Wildman–Crippen MR) is 94.0 cm³/mol. The molecule has 3 fully saturated rings. The lowest BCUT2D eigenvalue weighted by atomic mass is 9.54. The van der Waals surface area contributed by atoms with Gasteiger partial charge in [-0.2, -0.15) is 0 Å². The molecule has 0 amide bonds. The maximum Gasteiger partial charge on any atom is 0.165 e. The van der Waals surface area contributed by atoms with Crippen molar-refractivity contribution in [2.24, 2.45) is 10.8 Å². The van der Waals surface area contributed by atoms with E-state index in [0.717, 1.165) is 62.0 Å². The van der Waals surface area contributed by atoms with Crippen LogP contribution < -0.4 is 9.47 Å². The molecular formula is C20H25ClO3. The van der Waals surface area contributed by atoms with Crippen molar-refractivity contribution < 1.29 is 14.3 Å². The average molecular weight is 349 g/mol. The van der Waals surface area contributed by atoms with E-state index in [2.05, 4.69) is 13.8 Å². The molecule has 0 aromatic heterocycles. The molecule has 5 rings (SSSR count). The third-order valence-corrected chi connectivity index (χ3v) is 6.55. The van der Waals surface area contributed by atoms with E-state index in [1.165, 1.54) is 6.29 Å². The van der Waals surface area contributed by atoms with Gasteiger partial charge in [-0.05, 0) is 58.4 Å². The van der Waals surface area contributed by atoms with Crippen LogP contribution in [-0.2, 0) is 11.2 Å². The molecule has 0 radical (unpaired) electrons. The Balaban J connectivity index is 1.51. The summed E-state index contributed by atoms with van der Waals surface area (Å²) in [6.07, 6.45) is 8.34. The van der Waals surface area contributed by atoms with Crippen molar-refractivity contribution in [1.82, 2.24) is 0 Å². The van der Waals surface area contributed by atoms with Crippen molar-refractivity contribution in [3.63, 3.8) is 0 Å². The van der Waals surface area contributed by atoms with Crippen molar-refractivity contribution in [3.05, 3.63) is 22.7 Å². The van der Waals surface area contributed by atoms with Crippen molar-refractivity contribution in [2.75, 3.05) is 6.61 Å². The molecule has 0 spiro atoms. The topological polar surface area (TPSA) is 35.5 Å². The van der Waals surface area contributed by atoms with Crippen molar-refractivity contribution >= 4 is 17.9 Å². The van der Waals surface area contributed by atoms with E-state index in [-0.39, 0.29) is 16.4 Å². The molecule has 1 aromatic rings. The van der Waals surface area contributed by atoms with Gasteiger partial charge < -0.3 is 14.3 Å². The van der Waals surface area contributed by atoms with Crippen molar-refractivity contribution in [2.45, 2.75) is 64.4 Å². The molecule has 0 N–H and O–H groups in total. The number of halogens is 1. The molecule has 24 heavy (non-hydrogen) atoms. The molecule has 1 heterocycles. The summed E-state index contributed by atoms with van der Waals surface area (Å²) in [4.78, 5) is 11.4. The second-order valence-corrected chi connectivity index (χ2v) is 9.14. The molecule has 1 aliphatic heterocycles. The fraction of sp³-hybridized carbons (Fsp3) is 0.650. The summed E-state index contributed by atoms with van der Waals surface area (Å²) in [7, 11) is 0. The molecule has 0 saturated heterocycles. The largest absolute Gasteiger partial charge is 0.489 e. The van der Waals surface area contributed by atoms with Gasteiger partial charge in [-0.25, -0.2) is 0 Å². The molecular weight excluding hydrogens is 324 g/mol. The molecule has 1 aromatic carbocycles. The second kappa shape index (κ2) is 5.39. The lowest BCUT2D eigenvalue weighted by molar-refractivity contribution is -0.126. The van der Waals surface area contributed by atoms with Gasteiger partial charge in [0.05, 0.1) is 6.61 Å². The fourth-order valence-electron chi connectivity index (χ4n) is 4.66. The van der Waals surface area contributed by atoms with Crippen LogP contribution in [0.5, 0.6) is 11.5 Å². The summed E-state index contributed by atoms with van der Waals surface area (Å²) in [6.45, 7) is 4.87. The van der Waals surface area contributed by atoms with Crippen LogP contribution in [0.3, 0.4) is 0 Å². The summed E-state index contributed by atoms with van der Waals surface area (Å²) in [5, 5.41) is 0.704. The highest BCUT2D eigenvalue weighted by atomic mass is 35.5. The van der Waals surface area contributed by atoms with Crippen LogP contribution in [0.25, 0.3) is 0 Å². The Morgan fingerprint density at radius 2 is 1.83 bits per heavy atom. The molecule has 3 aliphatic carbocycles. The van der Waals surface area contributed by atoms with Crippen molar-refractivity contribution in [3.8, 4) is 11.5 Å². The molecule has 130 valence electrons. The lowest BCUT2D eigenvalue weighted by Crippen LogP contribution is -2.45. The lowest BCUT2D eigenvalue weighted by Gasteiger charge is -2.50. The Labute approximate surface area is 148 Å². The summed E-state index contributed by atoms with van der Waals surface area (Å²) < 4.78 is 12.4. The fourth-order valence-corrected chi connectivity index (χ4v) is 4.90. The first-order chi connectivity index (χ1) is 11.3. The Kier molecular flexibility index (Phi) is 3.65. The number of carbonyl (C=O) groups is 1. The highest BCUT2D eigenvalue weighted by Gasteiger charge is 2.49. The van der Waals surface area contributed by atoms with E-state index in [4.69, 9.17) is 21.1 Å². The third kappa shape index (κ3) is 2.71. The minimum atomic E-state index is -0.206. The first-order valence-electron chi connectivity index (χ1n) is 8.95. The van der Waals surface area contributed by atoms with Gasteiger partial charge in [0, 0.05) is 33.9 Å². The molecule has 0 unspecified atom stereocenters. The number of fused-ring (bicyclic) bond motifs is 4. The van der Waals surface area contributed by atoms with E-state index in [1.54, 1.807) is 0 Å². The van der Waals surface area contributed by atoms with Gasteiger partial charge in [-0.3, -0.25) is 0 Å². The van der Waals surface area contributed by atoms with Crippen LogP contribution in [0.15, 0.2) is 12.1 Å². The maximum absolute atomic E-state index is 11.4. The molecule has 3 nitrogen and oxygen atoms in total. The Hall–Kier alpha value is -1.22. The van der Waals surface area contributed by atoms with Gasteiger partial charge >= 0.3 is 0 Å². The number of rotatable bonds is 4. The zero-order chi connectivity index (χ0) is 17.0.